The molecule has 0 radical (unpaired) electrons. The molecule has 0 aromatic heterocycles. The number of halogens is 4. The topological polar surface area (TPSA) is 55.7 Å². The van der Waals surface area contributed by atoms with Gasteiger partial charge < -0.3 is 4.84 Å². The SMILES string of the molecule is Cc1c(C(Cl)(Cl)Cl)cc(Cl)c(S(C)(=O)=O)c1C1=NOCC1. The van der Waals surface area contributed by atoms with Gasteiger partial charge in [0.25, 0.3) is 0 Å². The first-order valence-electron chi connectivity index (χ1n) is 5.83. The zero-order chi connectivity index (χ0) is 16.0. The molecule has 0 bridgehead atoms. The maximum absolute atomic E-state index is 12.1. The van der Waals surface area contributed by atoms with Crippen molar-refractivity contribution < 1.29 is 13.3 Å². The second-order valence-corrected chi connectivity index (χ2v) is 9.27. The molecule has 2 rings (SSSR count). The smallest absolute Gasteiger partial charge is 0.216 e. The summed E-state index contributed by atoms with van der Waals surface area (Å²) in [7, 11) is -3.58. The second-order valence-electron chi connectivity index (χ2n) is 4.63. The highest BCUT2D eigenvalue weighted by atomic mass is 35.6. The molecule has 21 heavy (non-hydrogen) atoms. The Balaban J connectivity index is 2.88. The predicted molar refractivity (Wildman–Crippen MR) is 85.6 cm³/mol. The van der Waals surface area contributed by atoms with E-state index in [0.29, 0.717) is 35.4 Å². The maximum Gasteiger partial charge on any atom is 0.216 e. The van der Waals surface area contributed by atoms with Gasteiger partial charge in [-0.15, -0.1) is 0 Å². The Kier molecular flexibility index (Phi) is 4.72. The molecule has 116 valence electrons. The van der Waals surface area contributed by atoms with Crippen molar-refractivity contribution in [2.24, 2.45) is 5.16 Å². The van der Waals surface area contributed by atoms with E-state index in [0.717, 1.165) is 6.26 Å². The summed E-state index contributed by atoms with van der Waals surface area (Å²) in [5, 5.41) is 3.86. The first-order valence-corrected chi connectivity index (χ1v) is 9.23. The van der Waals surface area contributed by atoms with Gasteiger partial charge in [0.1, 0.15) is 6.61 Å². The molecule has 1 aliphatic rings. The first-order chi connectivity index (χ1) is 9.53. The minimum absolute atomic E-state index is 0.00553. The number of rotatable bonds is 2. The normalized spacial score (nSPS) is 15.8. The number of sulfone groups is 1. The van der Waals surface area contributed by atoms with E-state index in [1.807, 2.05) is 0 Å². The van der Waals surface area contributed by atoms with Crippen LogP contribution in [0.25, 0.3) is 0 Å². The lowest BCUT2D eigenvalue weighted by Gasteiger charge is -2.20. The van der Waals surface area contributed by atoms with Crippen molar-refractivity contribution in [1.82, 2.24) is 0 Å². The van der Waals surface area contributed by atoms with Gasteiger partial charge in [-0.2, -0.15) is 0 Å². The maximum atomic E-state index is 12.1. The molecular formula is C12H11Cl4NO3S. The molecule has 4 nitrogen and oxygen atoms in total. The number of alkyl halides is 3. The summed E-state index contributed by atoms with van der Waals surface area (Å²) >= 11 is 23.9. The minimum atomic E-state index is -3.58. The number of nitrogens with zero attached hydrogens (tertiary/aromatic N) is 1. The molecule has 0 unspecified atom stereocenters. The van der Waals surface area contributed by atoms with Crippen molar-refractivity contribution in [3.05, 3.63) is 27.8 Å². The van der Waals surface area contributed by atoms with Crippen molar-refractivity contribution in [3.8, 4) is 0 Å². The van der Waals surface area contributed by atoms with Gasteiger partial charge in [-0.05, 0) is 18.6 Å². The van der Waals surface area contributed by atoms with Crippen LogP contribution in [0.15, 0.2) is 16.1 Å². The van der Waals surface area contributed by atoms with E-state index >= 15 is 0 Å². The number of hydrogen-bond donors (Lipinski definition) is 0. The highest BCUT2D eigenvalue weighted by molar-refractivity contribution is 7.91. The summed E-state index contributed by atoms with van der Waals surface area (Å²) in [6.07, 6.45) is 1.53. The van der Waals surface area contributed by atoms with Gasteiger partial charge in [0.2, 0.25) is 3.79 Å². The van der Waals surface area contributed by atoms with Crippen LogP contribution >= 0.6 is 46.4 Å². The Morgan fingerprint density at radius 2 is 1.95 bits per heavy atom. The Bertz CT molecular complexity index is 723. The van der Waals surface area contributed by atoms with Gasteiger partial charge >= 0.3 is 0 Å². The van der Waals surface area contributed by atoms with Crippen molar-refractivity contribution in [1.29, 1.82) is 0 Å². The standard InChI is InChI=1S/C12H11Cl4NO3S/c1-6-7(12(14,15)16)5-8(13)11(21(2,18)19)10(6)9-3-4-20-17-9/h5H,3-4H2,1-2H3. The predicted octanol–water partition coefficient (Wildman–Crippen LogP) is 4.00. The Morgan fingerprint density at radius 3 is 2.38 bits per heavy atom. The van der Waals surface area contributed by atoms with Crippen LogP contribution in [-0.4, -0.2) is 27.0 Å². The van der Waals surface area contributed by atoms with E-state index in [9.17, 15) is 8.42 Å². The molecule has 0 saturated carbocycles. The molecule has 1 aromatic carbocycles. The Labute approximate surface area is 142 Å². The summed E-state index contributed by atoms with van der Waals surface area (Å²) in [5.74, 6) is 0. The summed E-state index contributed by atoms with van der Waals surface area (Å²) in [4.78, 5) is 4.93. The fourth-order valence-corrected chi connectivity index (χ4v) is 4.48. The summed E-state index contributed by atoms with van der Waals surface area (Å²) in [6, 6.07) is 1.36. The van der Waals surface area contributed by atoms with Gasteiger partial charge in [0.05, 0.1) is 15.6 Å². The molecule has 0 saturated heterocycles. The molecule has 9 heteroatoms. The summed E-state index contributed by atoms with van der Waals surface area (Å²) < 4.78 is 22.4. The van der Waals surface area contributed by atoms with Gasteiger partial charge in [-0.3, -0.25) is 0 Å². The number of benzene rings is 1. The van der Waals surface area contributed by atoms with Crippen LogP contribution in [-0.2, 0) is 18.5 Å². The molecule has 0 spiro atoms. The minimum Gasteiger partial charge on any atom is -0.395 e. The van der Waals surface area contributed by atoms with Gasteiger partial charge in [0, 0.05) is 23.8 Å². The van der Waals surface area contributed by atoms with Crippen LogP contribution in [0.2, 0.25) is 5.02 Å². The average Bonchev–Trinajstić information content (AvgIpc) is 2.81. The quantitative estimate of drug-likeness (QED) is 0.717. The molecule has 1 aliphatic heterocycles. The molecule has 0 aliphatic carbocycles. The third-order valence-electron chi connectivity index (χ3n) is 3.06. The van der Waals surface area contributed by atoms with Crippen molar-refractivity contribution in [2.75, 3.05) is 12.9 Å². The van der Waals surface area contributed by atoms with E-state index in [-0.39, 0.29) is 9.92 Å². The molecule has 1 heterocycles. The highest BCUT2D eigenvalue weighted by Crippen LogP contribution is 2.44. The van der Waals surface area contributed by atoms with E-state index in [4.69, 9.17) is 51.2 Å². The van der Waals surface area contributed by atoms with Gasteiger partial charge in [-0.1, -0.05) is 51.6 Å². The zero-order valence-corrected chi connectivity index (χ0v) is 14.9. The zero-order valence-electron chi connectivity index (χ0n) is 11.1. The van der Waals surface area contributed by atoms with Crippen LogP contribution in [0.4, 0.5) is 0 Å². The molecule has 1 aromatic rings. The largest absolute Gasteiger partial charge is 0.395 e. The number of oxime groups is 1. The van der Waals surface area contributed by atoms with Crippen LogP contribution in [0.5, 0.6) is 0 Å². The molecule has 0 N–H and O–H groups in total. The fourth-order valence-electron chi connectivity index (χ4n) is 2.21. The molecule has 0 amide bonds. The van der Waals surface area contributed by atoms with E-state index < -0.39 is 13.6 Å². The van der Waals surface area contributed by atoms with Gasteiger partial charge in [-0.25, -0.2) is 8.42 Å². The van der Waals surface area contributed by atoms with Crippen molar-refractivity contribution in [3.63, 3.8) is 0 Å². The molecular weight excluding hydrogens is 380 g/mol. The van der Waals surface area contributed by atoms with Crippen molar-refractivity contribution >= 4 is 62.0 Å². The third-order valence-corrected chi connectivity index (χ3v) is 5.25. The van der Waals surface area contributed by atoms with Gasteiger partial charge in [0.15, 0.2) is 9.84 Å². The lowest BCUT2D eigenvalue weighted by molar-refractivity contribution is 0.174. The second kappa shape index (κ2) is 5.78. The first kappa shape index (κ1) is 17.2. The van der Waals surface area contributed by atoms with E-state index in [2.05, 4.69) is 5.16 Å². The lowest BCUT2D eigenvalue weighted by Crippen LogP contribution is -2.15. The monoisotopic (exact) mass is 389 g/mol. The number of hydrogen-bond acceptors (Lipinski definition) is 4. The van der Waals surface area contributed by atoms with Crippen LogP contribution in [0, 0.1) is 6.92 Å². The molecule has 0 atom stereocenters. The highest BCUT2D eigenvalue weighted by Gasteiger charge is 2.33. The third kappa shape index (κ3) is 3.42. The van der Waals surface area contributed by atoms with Crippen LogP contribution < -0.4 is 0 Å². The van der Waals surface area contributed by atoms with Crippen LogP contribution in [0.1, 0.15) is 23.1 Å². The Hall–Kier alpha value is -0.200. The summed E-state index contributed by atoms with van der Waals surface area (Å²) in [5.41, 5.74) is 1.65. The Morgan fingerprint density at radius 1 is 1.33 bits per heavy atom. The molecule has 0 fully saturated rings. The van der Waals surface area contributed by atoms with E-state index in [1.54, 1.807) is 6.92 Å². The van der Waals surface area contributed by atoms with Crippen molar-refractivity contribution in [2.45, 2.75) is 22.0 Å². The van der Waals surface area contributed by atoms with E-state index in [1.165, 1.54) is 6.07 Å². The van der Waals surface area contributed by atoms with Crippen LogP contribution in [0.3, 0.4) is 0 Å². The summed E-state index contributed by atoms with van der Waals surface area (Å²) in [6.45, 7) is 2.03. The lowest BCUT2D eigenvalue weighted by atomic mass is 9.98. The fraction of sp³-hybridized carbons (Fsp3) is 0.417. The average molecular weight is 391 g/mol.